The first kappa shape index (κ1) is 22.3. The number of piperidine rings is 1. The minimum absolute atomic E-state index is 0.121. The molecule has 2 aromatic carbocycles. The van der Waals surface area contributed by atoms with E-state index < -0.39 is 10.0 Å². The van der Waals surface area contributed by atoms with E-state index in [9.17, 15) is 13.2 Å². The Morgan fingerprint density at radius 1 is 1.20 bits per heavy atom. The molecule has 0 bridgehead atoms. The molecule has 0 aliphatic carbocycles. The minimum Gasteiger partial charge on any atom is -0.496 e. The van der Waals surface area contributed by atoms with Crippen molar-refractivity contribution in [2.24, 2.45) is 5.92 Å². The molecule has 2 aromatic rings. The van der Waals surface area contributed by atoms with Crippen LogP contribution in [0.4, 0.5) is 5.69 Å². The van der Waals surface area contributed by atoms with Crippen LogP contribution < -0.4 is 10.1 Å². The number of aryl methyl sites for hydroxylation is 3. The van der Waals surface area contributed by atoms with Crippen molar-refractivity contribution < 1.29 is 17.9 Å². The van der Waals surface area contributed by atoms with Gasteiger partial charge < -0.3 is 10.1 Å². The van der Waals surface area contributed by atoms with Gasteiger partial charge in [0.15, 0.2) is 0 Å². The SMILES string of the molecule is CCc1cccc(C)c1NC(=O)[C@H]1CCCN(S(=O)(=O)c2ccc(OC)c(C)c2)C1. The molecule has 0 spiro atoms. The number of benzene rings is 2. The van der Waals surface area contributed by atoms with E-state index in [0.717, 1.165) is 28.8 Å². The molecule has 1 aliphatic rings. The number of nitrogens with zero attached hydrogens (tertiary/aromatic N) is 1. The Balaban J connectivity index is 1.78. The summed E-state index contributed by atoms with van der Waals surface area (Å²) in [5.41, 5.74) is 3.70. The average molecular weight is 431 g/mol. The van der Waals surface area contributed by atoms with E-state index in [2.05, 4.69) is 12.2 Å². The number of amides is 1. The zero-order valence-electron chi connectivity index (χ0n) is 18.1. The first-order valence-electron chi connectivity index (χ1n) is 10.3. The summed E-state index contributed by atoms with van der Waals surface area (Å²) in [6.45, 7) is 6.45. The second-order valence-corrected chi connectivity index (χ2v) is 9.72. The number of anilines is 1. The normalized spacial score (nSPS) is 17.5. The summed E-state index contributed by atoms with van der Waals surface area (Å²) in [5.74, 6) is 0.150. The molecule has 1 fully saturated rings. The van der Waals surface area contributed by atoms with Crippen molar-refractivity contribution in [3.8, 4) is 5.75 Å². The Morgan fingerprint density at radius 3 is 2.63 bits per heavy atom. The highest BCUT2D eigenvalue weighted by Gasteiger charge is 2.33. The van der Waals surface area contributed by atoms with Gasteiger partial charge in [-0.15, -0.1) is 0 Å². The first-order valence-corrected chi connectivity index (χ1v) is 11.8. The Labute approximate surface area is 179 Å². The van der Waals surface area contributed by atoms with Crippen LogP contribution in [0.15, 0.2) is 41.3 Å². The van der Waals surface area contributed by atoms with Crippen LogP contribution in [0.5, 0.6) is 5.75 Å². The van der Waals surface area contributed by atoms with Gasteiger partial charge in [0.05, 0.1) is 17.9 Å². The highest BCUT2D eigenvalue weighted by molar-refractivity contribution is 7.89. The number of rotatable bonds is 6. The summed E-state index contributed by atoms with van der Waals surface area (Å²) >= 11 is 0. The van der Waals surface area contributed by atoms with Crippen LogP contribution in [-0.4, -0.2) is 38.8 Å². The van der Waals surface area contributed by atoms with Crippen molar-refractivity contribution >= 4 is 21.6 Å². The lowest BCUT2D eigenvalue weighted by Crippen LogP contribution is -2.43. The topological polar surface area (TPSA) is 75.7 Å². The lowest BCUT2D eigenvalue weighted by atomic mass is 9.98. The van der Waals surface area contributed by atoms with E-state index in [4.69, 9.17) is 4.74 Å². The maximum atomic E-state index is 13.2. The predicted molar refractivity (Wildman–Crippen MR) is 118 cm³/mol. The molecule has 0 radical (unpaired) electrons. The lowest BCUT2D eigenvalue weighted by molar-refractivity contribution is -0.120. The second-order valence-electron chi connectivity index (χ2n) is 7.79. The molecule has 0 unspecified atom stereocenters. The molecule has 162 valence electrons. The zero-order valence-corrected chi connectivity index (χ0v) is 18.9. The molecule has 1 saturated heterocycles. The molecule has 6 nitrogen and oxygen atoms in total. The number of methoxy groups -OCH3 is 1. The number of carbonyl (C=O) groups is 1. The van der Waals surface area contributed by atoms with Crippen LogP contribution in [0.1, 0.15) is 36.5 Å². The van der Waals surface area contributed by atoms with Crippen LogP contribution >= 0.6 is 0 Å². The summed E-state index contributed by atoms with van der Waals surface area (Å²) in [4.78, 5) is 13.2. The highest BCUT2D eigenvalue weighted by atomic mass is 32.2. The van der Waals surface area contributed by atoms with Crippen molar-refractivity contribution in [1.29, 1.82) is 0 Å². The van der Waals surface area contributed by atoms with Gasteiger partial charge in [-0.2, -0.15) is 4.31 Å². The van der Waals surface area contributed by atoms with E-state index in [1.54, 1.807) is 25.3 Å². The Kier molecular flexibility index (Phi) is 6.83. The van der Waals surface area contributed by atoms with E-state index in [-0.39, 0.29) is 23.3 Å². The van der Waals surface area contributed by atoms with Gasteiger partial charge >= 0.3 is 0 Å². The van der Waals surface area contributed by atoms with Crippen molar-refractivity contribution in [2.75, 3.05) is 25.5 Å². The number of para-hydroxylation sites is 1. The van der Waals surface area contributed by atoms with Gasteiger partial charge in [-0.05, 0) is 68.0 Å². The van der Waals surface area contributed by atoms with E-state index in [0.29, 0.717) is 25.1 Å². The molecule has 1 heterocycles. The Bertz CT molecular complexity index is 1030. The maximum Gasteiger partial charge on any atom is 0.243 e. The van der Waals surface area contributed by atoms with Crippen LogP contribution in [0.2, 0.25) is 0 Å². The number of hydrogen-bond donors (Lipinski definition) is 1. The Hall–Kier alpha value is -2.38. The number of sulfonamides is 1. The predicted octanol–water partition coefficient (Wildman–Crippen LogP) is 3.91. The number of ether oxygens (including phenoxy) is 1. The van der Waals surface area contributed by atoms with Gasteiger partial charge in [-0.3, -0.25) is 4.79 Å². The molecule has 7 heteroatoms. The molecular weight excluding hydrogens is 400 g/mol. The summed E-state index contributed by atoms with van der Waals surface area (Å²) in [5, 5.41) is 3.06. The summed E-state index contributed by atoms with van der Waals surface area (Å²) in [7, 11) is -2.11. The van der Waals surface area contributed by atoms with Gasteiger partial charge in [-0.1, -0.05) is 25.1 Å². The standard InChI is InChI=1S/C23H30N2O4S/c1-5-18-9-6-8-16(2)22(18)24-23(26)19-10-7-13-25(15-19)30(27,28)20-11-12-21(29-4)17(3)14-20/h6,8-9,11-12,14,19H,5,7,10,13,15H2,1-4H3,(H,24,26)/t19-/m0/s1. The first-order chi connectivity index (χ1) is 14.3. The monoisotopic (exact) mass is 430 g/mol. The Morgan fingerprint density at radius 2 is 1.97 bits per heavy atom. The van der Waals surface area contributed by atoms with Gasteiger partial charge in [-0.25, -0.2) is 8.42 Å². The van der Waals surface area contributed by atoms with Crippen LogP contribution in [-0.2, 0) is 21.2 Å². The molecule has 3 rings (SSSR count). The average Bonchev–Trinajstić information content (AvgIpc) is 2.75. The summed E-state index contributed by atoms with van der Waals surface area (Å²) in [6, 6.07) is 10.8. The van der Waals surface area contributed by atoms with Crippen LogP contribution in [0.25, 0.3) is 0 Å². The van der Waals surface area contributed by atoms with Crippen LogP contribution in [0, 0.1) is 19.8 Å². The number of nitrogens with one attached hydrogen (secondary N) is 1. The van der Waals surface area contributed by atoms with E-state index >= 15 is 0 Å². The lowest BCUT2D eigenvalue weighted by Gasteiger charge is -2.31. The zero-order chi connectivity index (χ0) is 21.9. The third-order valence-corrected chi connectivity index (χ3v) is 7.61. The molecule has 0 aromatic heterocycles. The molecule has 0 saturated carbocycles. The number of hydrogen-bond acceptors (Lipinski definition) is 4. The minimum atomic E-state index is -3.67. The van der Waals surface area contributed by atoms with Gasteiger partial charge in [0.1, 0.15) is 5.75 Å². The third kappa shape index (κ3) is 4.52. The molecule has 1 atom stereocenters. The number of carbonyl (C=O) groups excluding carboxylic acids is 1. The molecule has 1 aliphatic heterocycles. The third-order valence-electron chi connectivity index (χ3n) is 5.75. The quantitative estimate of drug-likeness (QED) is 0.754. The maximum absolute atomic E-state index is 13.2. The van der Waals surface area contributed by atoms with Crippen molar-refractivity contribution in [3.63, 3.8) is 0 Å². The van der Waals surface area contributed by atoms with Crippen LogP contribution in [0.3, 0.4) is 0 Å². The summed E-state index contributed by atoms with van der Waals surface area (Å²) in [6.07, 6.45) is 2.15. The van der Waals surface area contributed by atoms with Gasteiger partial charge in [0, 0.05) is 18.8 Å². The van der Waals surface area contributed by atoms with Crippen molar-refractivity contribution in [3.05, 3.63) is 53.1 Å². The summed E-state index contributed by atoms with van der Waals surface area (Å²) < 4.78 is 33.0. The fourth-order valence-corrected chi connectivity index (χ4v) is 5.57. The largest absolute Gasteiger partial charge is 0.496 e. The molecule has 30 heavy (non-hydrogen) atoms. The second kappa shape index (κ2) is 9.18. The molecule has 1 amide bonds. The smallest absolute Gasteiger partial charge is 0.243 e. The molecule has 1 N–H and O–H groups in total. The van der Waals surface area contributed by atoms with E-state index in [1.807, 2.05) is 32.0 Å². The fourth-order valence-electron chi connectivity index (χ4n) is 3.96. The highest BCUT2D eigenvalue weighted by Crippen LogP contribution is 2.28. The fraction of sp³-hybridized carbons (Fsp3) is 0.435. The van der Waals surface area contributed by atoms with Gasteiger partial charge in [0.2, 0.25) is 15.9 Å². The van der Waals surface area contributed by atoms with E-state index in [1.165, 1.54) is 4.31 Å². The van der Waals surface area contributed by atoms with Gasteiger partial charge in [0.25, 0.3) is 0 Å². The van der Waals surface area contributed by atoms with Crippen molar-refractivity contribution in [2.45, 2.75) is 44.9 Å². The molecular formula is C23H30N2O4S. The van der Waals surface area contributed by atoms with Crippen molar-refractivity contribution in [1.82, 2.24) is 4.31 Å².